The molecule has 5 heteroatoms. The maximum atomic E-state index is 11.6. The molecule has 3 nitrogen and oxygen atoms in total. The van der Waals surface area contributed by atoms with Gasteiger partial charge in [-0.2, -0.15) is 11.3 Å². The Morgan fingerprint density at radius 1 is 1.35 bits per heavy atom. The summed E-state index contributed by atoms with van der Waals surface area (Å²) in [5, 5.41) is 4.29. The van der Waals surface area contributed by atoms with Crippen molar-refractivity contribution in [3.63, 3.8) is 0 Å². The highest BCUT2D eigenvalue weighted by Gasteiger charge is 2.20. The summed E-state index contributed by atoms with van der Waals surface area (Å²) in [4.78, 5) is 16.0. The van der Waals surface area contributed by atoms with Crippen molar-refractivity contribution in [2.75, 3.05) is 32.1 Å². The second-order valence-electron chi connectivity index (χ2n) is 4.23. The van der Waals surface area contributed by atoms with Crippen LogP contribution in [0.1, 0.15) is 12.0 Å². The van der Waals surface area contributed by atoms with Crippen molar-refractivity contribution < 1.29 is 4.79 Å². The number of alkyl halides is 1. The third-order valence-corrected chi connectivity index (χ3v) is 3.94. The molecule has 0 spiro atoms. The zero-order valence-electron chi connectivity index (χ0n) is 9.77. The summed E-state index contributed by atoms with van der Waals surface area (Å²) < 4.78 is 0. The molecule has 1 saturated heterocycles. The third kappa shape index (κ3) is 3.69. The maximum Gasteiger partial charge on any atom is 0.223 e. The fourth-order valence-electron chi connectivity index (χ4n) is 2.04. The lowest BCUT2D eigenvalue weighted by molar-refractivity contribution is -0.132. The van der Waals surface area contributed by atoms with Crippen molar-refractivity contribution in [3.05, 3.63) is 22.4 Å². The minimum atomic E-state index is 0.190. The molecule has 0 saturated carbocycles. The van der Waals surface area contributed by atoms with E-state index in [2.05, 4.69) is 21.7 Å². The van der Waals surface area contributed by atoms with Gasteiger partial charge in [-0.15, -0.1) is 11.6 Å². The summed E-state index contributed by atoms with van der Waals surface area (Å²) in [6.07, 6.45) is 0.464. The van der Waals surface area contributed by atoms with Crippen LogP contribution in [0.25, 0.3) is 0 Å². The Kier molecular flexibility index (Phi) is 4.83. The van der Waals surface area contributed by atoms with Gasteiger partial charge in [-0.3, -0.25) is 9.69 Å². The molecule has 0 radical (unpaired) electrons. The summed E-state index contributed by atoms with van der Waals surface area (Å²) in [7, 11) is 0. The van der Waals surface area contributed by atoms with Gasteiger partial charge in [-0.25, -0.2) is 0 Å². The van der Waals surface area contributed by atoms with Crippen LogP contribution in [0.3, 0.4) is 0 Å². The fourth-order valence-corrected chi connectivity index (χ4v) is 2.86. The predicted molar refractivity (Wildman–Crippen MR) is 71.5 cm³/mol. The van der Waals surface area contributed by atoms with Crippen LogP contribution >= 0.6 is 22.9 Å². The van der Waals surface area contributed by atoms with E-state index in [1.54, 1.807) is 11.3 Å². The zero-order chi connectivity index (χ0) is 12.1. The average molecular weight is 273 g/mol. The molecule has 94 valence electrons. The minimum absolute atomic E-state index is 0.190. The Hall–Kier alpha value is -0.580. The van der Waals surface area contributed by atoms with Crippen LogP contribution in [0.4, 0.5) is 0 Å². The van der Waals surface area contributed by atoms with Gasteiger partial charge in [0.25, 0.3) is 0 Å². The fraction of sp³-hybridized carbons (Fsp3) is 0.583. The van der Waals surface area contributed by atoms with Crippen molar-refractivity contribution in [1.82, 2.24) is 9.80 Å². The van der Waals surface area contributed by atoms with Crippen molar-refractivity contribution in [3.8, 4) is 0 Å². The topological polar surface area (TPSA) is 23.6 Å². The number of thiophene rings is 1. The molecule has 1 aliphatic heterocycles. The number of nitrogens with zero attached hydrogens (tertiary/aromatic N) is 2. The molecule has 1 fully saturated rings. The maximum absolute atomic E-state index is 11.6. The van der Waals surface area contributed by atoms with Crippen molar-refractivity contribution in [2.24, 2.45) is 0 Å². The van der Waals surface area contributed by atoms with Crippen LogP contribution in [0, 0.1) is 0 Å². The molecule has 0 atom stereocenters. The van der Waals surface area contributed by atoms with Gasteiger partial charge in [-0.1, -0.05) is 0 Å². The highest BCUT2D eigenvalue weighted by Crippen LogP contribution is 2.12. The van der Waals surface area contributed by atoms with Gasteiger partial charge in [0.2, 0.25) is 5.91 Å². The summed E-state index contributed by atoms with van der Waals surface area (Å²) >= 11 is 7.32. The first-order valence-electron chi connectivity index (χ1n) is 5.87. The summed E-state index contributed by atoms with van der Waals surface area (Å²) in [5.74, 6) is 0.615. The smallest absolute Gasteiger partial charge is 0.223 e. The lowest BCUT2D eigenvalue weighted by Crippen LogP contribution is -2.48. The van der Waals surface area contributed by atoms with Gasteiger partial charge in [0, 0.05) is 45.0 Å². The second-order valence-corrected chi connectivity index (χ2v) is 5.39. The normalized spacial score (nSPS) is 17.4. The molecule has 17 heavy (non-hydrogen) atoms. The van der Waals surface area contributed by atoms with E-state index in [0.29, 0.717) is 12.3 Å². The monoisotopic (exact) mass is 272 g/mol. The number of halogens is 1. The highest BCUT2D eigenvalue weighted by molar-refractivity contribution is 7.07. The van der Waals surface area contributed by atoms with Gasteiger partial charge < -0.3 is 4.90 Å². The van der Waals surface area contributed by atoms with Crippen molar-refractivity contribution in [1.29, 1.82) is 0 Å². The molecular weight excluding hydrogens is 256 g/mol. The van der Waals surface area contributed by atoms with Crippen LogP contribution < -0.4 is 0 Å². The molecule has 0 aromatic carbocycles. The lowest BCUT2D eigenvalue weighted by Gasteiger charge is -2.34. The molecule has 1 aromatic heterocycles. The Labute approximate surface area is 111 Å². The number of rotatable bonds is 4. The van der Waals surface area contributed by atoms with E-state index >= 15 is 0 Å². The minimum Gasteiger partial charge on any atom is -0.340 e. The van der Waals surface area contributed by atoms with E-state index in [4.69, 9.17) is 11.6 Å². The van der Waals surface area contributed by atoms with E-state index < -0.39 is 0 Å². The Morgan fingerprint density at radius 2 is 2.12 bits per heavy atom. The molecule has 0 bridgehead atoms. The zero-order valence-corrected chi connectivity index (χ0v) is 11.3. The van der Waals surface area contributed by atoms with Crippen molar-refractivity contribution in [2.45, 2.75) is 13.0 Å². The number of carbonyl (C=O) groups is 1. The largest absolute Gasteiger partial charge is 0.340 e. The first kappa shape index (κ1) is 12.9. The molecule has 0 N–H and O–H groups in total. The van der Waals surface area contributed by atoms with E-state index in [9.17, 15) is 4.79 Å². The third-order valence-electron chi connectivity index (χ3n) is 3.02. The summed E-state index contributed by atoms with van der Waals surface area (Å²) in [5.41, 5.74) is 1.37. The Morgan fingerprint density at radius 3 is 2.71 bits per heavy atom. The van der Waals surface area contributed by atoms with Gasteiger partial charge >= 0.3 is 0 Å². The Balaban J connectivity index is 1.76. The van der Waals surface area contributed by atoms with E-state index in [1.165, 1.54) is 5.56 Å². The number of hydrogen-bond donors (Lipinski definition) is 0. The van der Waals surface area contributed by atoms with E-state index in [-0.39, 0.29) is 5.91 Å². The van der Waals surface area contributed by atoms with Crippen molar-refractivity contribution >= 4 is 28.8 Å². The molecule has 2 rings (SSSR count). The Bertz CT molecular complexity index is 347. The van der Waals surface area contributed by atoms with Gasteiger partial charge in [0.1, 0.15) is 0 Å². The molecule has 0 unspecified atom stereocenters. The molecular formula is C12H17ClN2OS. The number of carbonyl (C=O) groups excluding carboxylic acids is 1. The van der Waals surface area contributed by atoms with Gasteiger partial charge in [-0.05, 0) is 22.4 Å². The average Bonchev–Trinajstić information content (AvgIpc) is 2.83. The summed E-state index contributed by atoms with van der Waals surface area (Å²) in [6.45, 7) is 4.59. The molecule has 0 aliphatic carbocycles. The second kappa shape index (κ2) is 6.38. The first-order chi connectivity index (χ1) is 8.29. The van der Waals surface area contributed by atoms with Crippen LogP contribution in [0.2, 0.25) is 0 Å². The van der Waals surface area contributed by atoms with E-state index in [1.807, 2.05) is 4.90 Å². The van der Waals surface area contributed by atoms with Gasteiger partial charge in [0.05, 0.1) is 0 Å². The molecule has 1 amide bonds. The SMILES string of the molecule is O=C(CCCl)N1CCN(Cc2ccsc2)CC1. The predicted octanol–water partition coefficient (Wildman–Crippen LogP) is 2.02. The molecule has 1 aromatic rings. The standard InChI is InChI=1S/C12H17ClN2OS/c13-3-1-12(16)15-6-4-14(5-7-15)9-11-2-8-17-10-11/h2,8,10H,1,3-7,9H2. The highest BCUT2D eigenvalue weighted by atomic mass is 35.5. The number of amides is 1. The lowest BCUT2D eigenvalue weighted by atomic mass is 10.2. The van der Waals surface area contributed by atoms with Crippen LogP contribution in [-0.2, 0) is 11.3 Å². The first-order valence-corrected chi connectivity index (χ1v) is 7.34. The number of piperazine rings is 1. The molecule has 2 heterocycles. The van der Waals surface area contributed by atoms with Crippen LogP contribution in [0.15, 0.2) is 16.8 Å². The van der Waals surface area contributed by atoms with Crippen LogP contribution in [0.5, 0.6) is 0 Å². The van der Waals surface area contributed by atoms with Gasteiger partial charge in [0.15, 0.2) is 0 Å². The summed E-state index contributed by atoms with van der Waals surface area (Å²) in [6, 6.07) is 2.16. The molecule has 1 aliphatic rings. The quantitative estimate of drug-likeness (QED) is 0.783. The van der Waals surface area contributed by atoms with E-state index in [0.717, 1.165) is 32.7 Å². The number of hydrogen-bond acceptors (Lipinski definition) is 3. The van der Waals surface area contributed by atoms with Crippen LogP contribution in [-0.4, -0.2) is 47.8 Å².